The van der Waals surface area contributed by atoms with Gasteiger partial charge in [0.15, 0.2) is 0 Å². The second-order valence-electron chi connectivity index (χ2n) is 6.98. The molecule has 1 heterocycles. The molecule has 4 nitrogen and oxygen atoms in total. The molecule has 0 atom stereocenters. The highest BCUT2D eigenvalue weighted by molar-refractivity contribution is 5.83. The molecule has 0 N–H and O–H groups in total. The van der Waals surface area contributed by atoms with Gasteiger partial charge >= 0.3 is 0 Å². The normalized spacial score (nSPS) is 10.0. The monoisotopic (exact) mass is 400 g/mol. The minimum atomic E-state index is 0.0417. The minimum Gasteiger partial charge on any atom is -0.489 e. The van der Waals surface area contributed by atoms with Gasteiger partial charge in [-0.15, -0.1) is 0 Å². The zero-order valence-electron chi connectivity index (χ0n) is 20.0. The van der Waals surface area contributed by atoms with Crippen LogP contribution in [0.2, 0.25) is 0 Å². The molecule has 2 aromatic carbocycles. The Bertz CT molecular complexity index is 803. The van der Waals surface area contributed by atoms with Gasteiger partial charge in [-0.05, 0) is 51.5 Å². The number of aromatic nitrogens is 2. The van der Waals surface area contributed by atoms with Gasteiger partial charge in [0.1, 0.15) is 12.4 Å². The minimum absolute atomic E-state index is 0.0417. The van der Waals surface area contributed by atoms with Gasteiger partial charge in [0.2, 0.25) is 0 Å². The van der Waals surface area contributed by atoms with E-state index in [1.54, 1.807) is 7.11 Å². The van der Waals surface area contributed by atoms with Crippen molar-refractivity contribution < 1.29 is 9.47 Å². The Morgan fingerprint density at radius 3 is 2.00 bits per heavy atom. The van der Waals surface area contributed by atoms with Gasteiger partial charge in [-0.1, -0.05) is 58.0 Å². The maximum absolute atomic E-state index is 5.83. The molecule has 0 saturated carbocycles. The molecule has 0 spiro atoms. The van der Waals surface area contributed by atoms with Crippen molar-refractivity contribution in [2.75, 3.05) is 7.11 Å². The molecule has 3 aromatic rings. The molecule has 0 radical (unpaired) electrons. The van der Waals surface area contributed by atoms with Gasteiger partial charge in [-0.2, -0.15) is 5.10 Å². The highest BCUT2D eigenvalue weighted by atomic mass is 16.5. The number of aryl methyl sites for hydroxylation is 2. The Labute approximate surface area is 177 Å². The van der Waals surface area contributed by atoms with Gasteiger partial charge < -0.3 is 9.47 Å². The Balaban J connectivity index is 0.000000670. The van der Waals surface area contributed by atoms with Crippen LogP contribution in [0.3, 0.4) is 0 Å². The van der Waals surface area contributed by atoms with Crippen LogP contribution in [0.15, 0.2) is 48.5 Å². The summed E-state index contributed by atoms with van der Waals surface area (Å²) in [6, 6.07) is 16.3. The van der Waals surface area contributed by atoms with Crippen molar-refractivity contribution in [2.45, 2.75) is 67.6 Å². The smallest absolute Gasteiger partial charge is 0.120 e. The van der Waals surface area contributed by atoms with Gasteiger partial charge in [-0.3, -0.25) is 4.68 Å². The zero-order chi connectivity index (χ0) is 22.4. The number of ether oxygens (including phenoxy) is 2. The summed E-state index contributed by atoms with van der Waals surface area (Å²) in [6.07, 6.45) is 0. The van der Waals surface area contributed by atoms with Crippen molar-refractivity contribution in [3.05, 3.63) is 59.8 Å². The van der Waals surface area contributed by atoms with E-state index >= 15 is 0 Å². The lowest BCUT2D eigenvalue weighted by Crippen LogP contribution is -2.15. The molecule has 0 amide bonds. The number of fused-ring (bicyclic) bond motifs is 1. The highest BCUT2D eigenvalue weighted by Gasteiger charge is 2.06. The van der Waals surface area contributed by atoms with E-state index in [2.05, 4.69) is 29.4 Å². The lowest BCUT2D eigenvalue weighted by molar-refractivity contribution is 0.0397. The molecular weight excluding hydrogens is 360 g/mol. The Morgan fingerprint density at radius 2 is 1.48 bits per heavy atom. The third-order valence-electron chi connectivity index (χ3n) is 3.87. The molecule has 0 bridgehead atoms. The average molecular weight is 401 g/mol. The van der Waals surface area contributed by atoms with Gasteiger partial charge in [-0.25, -0.2) is 0 Å². The third-order valence-corrected chi connectivity index (χ3v) is 3.87. The number of hydrogen-bond acceptors (Lipinski definition) is 3. The number of rotatable bonds is 3. The van der Waals surface area contributed by atoms with Crippen LogP contribution >= 0.6 is 0 Å². The first-order valence-corrected chi connectivity index (χ1v) is 10.5. The number of hydrogen-bond donors (Lipinski definition) is 0. The SMILES string of the molecule is CC.CC.COC(C)(C)C.Cc1nn(C)c2ccc(OCc3ccccc3)cc12. The largest absolute Gasteiger partial charge is 0.489 e. The lowest BCUT2D eigenvalue weighted by atomic mass is 10.2. The Kier molecular flexibility index (Phi) is 12.7. The molecule has 1 aromatic heterocycles. The third kappa shape index (κ3) is 9.62. The summed E-state index contributed by atoms with van der Waals surface area (Å²) in [6.45, 7) is 16.7. The van der Waals surface area contributed by atoms with Crippen LogP contribution in [-0.4, -0.2) is 22.5 Å². The Hall–Kier alpha value is -2.33. The van der Waals surface area contributed by atoms with Crippen LogP contribution in [0.1, 0.15) is 59.7 Å². The molecular formula is C25H40N2O2. The summed E-state index contributed by atoms with van der Waals surface area (Å²) in [5.74, 6) is 0.882. The maximum atomic E-state index is 5.83. The Morgan fingerprint density at radius 1 is 0.931 bits per heavy atom. The first-order valence-electron chi connectivity index (χ1n) is 10.5. The molecule has 0 aliphatic carbocycles. The predicted molar refractivity (Wildman–Crippen MR) is 126 cm³/mol. The lowest BCUT2D eigenvalue weighted by Gasteiger charge is -2.14. The first kappa shape index (κ1) is 26.7. The van der Waals surface area contributed by atoms with Crippen molar-refractivity contribution in [2.24, 2.45) is 7.05 Å². The fourth-order valence-corrected chi connectivity index (χ4v) is 2.25. The summed E-state index contributed by atoms with van der Waals surface area (Å²) in [4.78, 5) is 0. The van der Waals surface area contributed by atoms with Crippen LogP contribution in [-0.2, 0) is 18.4 Å². The van der Waals surface area contributed by atoms with Crippen LogP contribution in [0.5, 0.6) is 5.75 Å². The summed E-state index contributed by atoms with van der Waals surface area (Å²) >= 11 is 0. The van der Waals surface area contributed by atoms with Crippen LogP contribution in [0.25, 0.3) is 10.9 Å². The van der Waals surface area contributed by atoms with E-state index in [0.717, 1.165) is 22.3 Å². The summed E-state index contributed by atoms with van der Waals surface area (Å²) in [5.41, 5.74) is 3.37. The number of methoxy groups -OCH3 is 1. The molecule has 162 valence electrons. The number of nitrogens with zero attached hydrogens (tertiary/aromatic N) is 2. The van der Waals surface area contributed by atoms with E-state index in [1.165, 1.54) is 5.56 Å². The van der Waals surface area contributed by atoms with E-state index in [4.69, 9.17) is 9.47 Å². The molecule has 0 fully saturated rings. The molecule has 4 heteroatoms. The summed E-state index contributed by atoms with van der Waals surface area (Å²) in [5, 5.41) is 5.56. The maximum Gasteiger partial charge on any atom is 0.120 e. The van der Waals surface area contributed by atoms with E-state index in [-0.39, 0.29) is 5.60 Å². The quantitative estimate of drug-likeness (QED) is 0.477. The second-order valence-corrected chi connectivity index (χ2v) is 6.98. The van der Waals surface area contributed by atoms with Crippen molar-refractivity contribution >= 4 is 10.9 Å². The van der Waals surface area contributed by atoms with E-state index in [9.17, 15) is 0 Å². The van der Waals surface area contributed by atoms with E-state index in [0.29, 0.717) is 6.61 Å². The van der Waals surface area contributed by atoms with E-state index < -0.39 is 0 Å². The van der Waals surface area contributed by atoms with Gasteiger partial charge in [0.05, 0.1) is 16.8 Å². The standard InChI is InChI=1S/C16H16N2O.C5H12O.2C2H6/c1-12-15-10-14(8-9-16(15)18(2)17-12)19-11-13-6-4-3-5-7-13;1-5(2,3)6-4;2*1-2/h3-10H,11H2,1-2H3;1-4H3;2*1-2H3. The molecule has 0 unspecified atom stereocenters. The fourth-order valence-electron chi connectivity index (χ4n) is 2.25. The zero-order valence-corrected chi connectivity index (χ0v) is 20.0. The van der Waals surface area contributed by atoms with Gasteiger partial charge in [0.25, 0.3) is 0 Å². The molecule has 0 aliphatic rings. The topological polar surface area (TPSA) is 36.3 Å². The predicted octanol–water partition coefficient (Wildman–Crippen LogP) is 6.94. The molecule has 3 rings (SSSR count). The van der Waals surface area contributed by atoms with Crippen molar-refractivity contribution in [1.82, 2.24) is 9.78 Å². The molecule has 0 aliphatic heterocycles. The molecule has 29 heavy (non-hydrogen) atoms. The van der Waals surface area contributed by atoms with Crippen molar-refractivity contribution in [1.29, 1.82) is 0 Å². The van der Waals surface area contributed by atoms with Gasteiger partial charge in [0, 0.05) is 19.5 Å². The van der Waals surface area contributed by atoms with Crippen LogP contribution in [0, 0.1) is 6.92 Å². The summed E-state index contributed by atoms with van der Waals surface area (Å²) < 4.78 is 12.7. The molecule has 0 saturated heterocycles. The van der Waals surface area contributed by atoms with Crippen LogP contribution < -0.4 is 4.74 Å². The number of benzene rings is 2. The van der Waals surface area contributed by atoms with E-state index in [1.807, 2.05) is 91.4 Å². The highest BCUT2D eigenvalue weighted by Crippen LogP contribution is 2.23. The first-order chi connectivity index (χ1) is 13.8. The summed E-state index contributed by atoms with van der Waals surface area (Å²) in [7, 11) is 3.67. The second kappa shape index (κ2) is 13.8. The van der Waals surface area contributed by atoms with Crippen molar-refractivity contribution in [3.63, 3.8) is 0 Å². The van der Waals surface area contributed by atoms with Crippen molar-refractivity contribution in [3.8, 4) is 5.75 Å². The fraction of sp³-hybridized carbons (Fsp3) is 0.480. The average Bonchev–Trinajstić information content (AvgIpc) is 3.03. The van der Waals surface area contributed by atoms with Crippen LogP contribution in [0.4, 0.5) is 0 Å².